The Morgan fingerprint density at radius 2 is 2.41 bits per heavy atom. The highest BCUT2D eigenvalue weighted by molar-refractivity contribution is 5.81. The van der Waals surface area contributed by atoms with Crippen LogP contribution < -0.4 is 10.6 Å². The van der Waals surface area contributed by atoms with Gasteiger partial charge < -0.3 is 20.2 Å². The molecular weight excluding hydrogens is 220 g/mol. The molecule has 0 aromatic carbocycles. The van der Waals surface area contributed by atoms with Gasteiger partial charge in [0.25, 0.3) is 0 Å². The molecule has 1 amide bonds. The molecule has 1 aliphatic rings. The molecule has 3 N–H and O–H groups in total. The van der Waals surface area contributed by atoms with Gasteiger partial charge >= 0.3 is 0 Å². The van der Waals surface area contributed by atoms with Gasteiger partial charge in [0.15, 0.2) is 0 Å². The van der Waals surface area contributed by atoms with E-state index in [1.165, 1.54) is 0 Å². The molecule has 94 valence electrons. The molecule has 1 aliphatic carbocycles. The Morgan fingerprint density at radius 1 is 1.65 bits per heavy atom. The summed E-state index contributed by atoms with van der Waals surface area (Å²) in [5, 5.41) is 15.1. The lowest BCUT2D eigenvalue weighted by Gasteiger charge is -2.34. The van der Waals surface area contributed by atoms with Crippen LogP contribution in [0, 0.1) is 0 Å². The van der Waals surface area contributed by atoms with E-state index in [1.807, 2.05) is 13.0 Å². The topological polar surface area (TPSA) is 74.5 Å². The second kappa shape index (κ2) is 5.33. The van der Waals surface area contributed by atoms with E-state index in [-0.39, 0.29) is 24.1 Å². The molecule has 17 heavy (non-hydrogen) atoms. The van der Waals surface area contributed by atoms with Crippen LogP contribution in [0.4, 0.5) is 0 Å². The van der Waals surface area contributed by atoms with E-state index < -0.39 is 0 Å². The van der Waals surface area contributed by atoms with Crippen LogP contribution in [0.2, 0.25) is 0 Å². The number of aliphatic hydroxyl groups excluding tert-OH is 1. The van der Waals surface area contributed by atoms with Crippen molar-refractivity contribution in [3.05, 3.63) is 24.2 Å². The largest absolute Gasteiger partial charge is 0.467 e. The maximum absolute atomic E-state index is 11.7. The van der Waals surface area contributed by atoms with Crippen LogP contribution >= 0.6 is 0 Å². The van der Waals surface area contributed by atoms with Crippen LogP contribution in [0.5, 0.6) is 0 Å². The number of hydrogen-bond acceptors (Lipinski definition) is 4. The van der Waals surface area contributed by atoms with E-state index in [0.717, 1.165) is 18.6 Å². The van der Waals surface area contributed by atoms with E-state index in [9.17, 15) is 4.79 Å². The number of carbonyl (C=O) groups is 1. The van der Waals surface area contributed by atoms with Gasteiger partial charge in [-0.05, 0) is 31.9 Å². The van der Waals surface area contributed by atoms with Crippen LogP contribution in [0.25, 0.3) is 0 Å². The van der Waals surface area contributed by atoms with Crippen molar-refractivity contribution in [1.82, 2.24) is 10.6 Å². The van der Waals surface area contributed by atoms with E-state index in [1.54, 1.807) is 12.3 Å². The van der Waals surface area contributed by atoms with Crippen LogP contribution in [0.1, 0.15) is 25.5 Å². The fourth-order valence-corrected chi connectivity index (χ4v) is 1.89. The lowest BCUT2D eigenvalue weighted by molar-refractivity contribution is -0.123. The summed E-state index contributed by atoms with van der Waals surface area (Å²) in [5.41, 5.74) is 0. The molecule has 5 nitrogen and oxygen atoms in total. The average molecular weight is 238 g/mol. The smallest absolute Gasteiger partial charge is 0.237 e. The van der Waals surface area contributed by atoms with Gasteiger partial charge in [0.2, 0.25) is 5.91 Å². The summed E-state index contributed by atoms with van der Waals surface area (Å²) in [4.78, 5) is 11.7. The maximum atomic E-state index is 11.7. The Bertz CT molecular complexity index is 358. The first kappa shape index (κ1) is 12.1. The van der Waals surface area contributed by atoms with Crippen molar-refractivity contribution in [2.45, 2.75) is 44.5 Å². The number of furan rings is 1. The number of nitrogens with one attached hydrogen (secondary N) is 2. The lowest BCUT2D eigenvalue weighted by atomic mass is 9.89. The highest BCUT2D eigenvalue weighted by Gasteiger charge is 2.29. The minimum absolute atomic E-state index is 0.0530. The molecule has 1 saturated carbocycles. The summed E-state index contributed by atoms with van der Waals surface area (Å²) >= 11 is 0. The van der Waals surface area contributed by atoms with E-state index in [4.69, 9.17) is 9.52 Å². The Kier molecular flexibility index (Phi) is 3.81. The van der Waals surface area contributed by atoms with Crippen LogP contribution in [0.15, 0.2) is 22.8 Å². The minimum Gasteiger partial charge on any atom is -0.467 e. The molecule has 0 saturated heterocycles. The fourth-order valence-electron chi connectivity index (χ4n) is 1.89. The monoisotopic (exact) mass is 238 g/mol. The van der Waals surface area contributed by atoms with Gasteiger partial charge in [-0.1, -0.05) is 0 Å². The molecule has 5 heteroatoms. The van der Waals surface area contributed by atoms with Crippen molar-refractivity contribution in [3.63, 3.8) is 0 Å². The maximum Gasteiger partial charge on any atom is 0.237 e. The van der Waals surface area contributed by atoms with E-state index >= 15 is 0 Å². The average Bonchev–Trinajstić information content (AvgIpc) is 2.76. The minimum atomic E-state index is -0.248. The van der Waals surface area contributed by atoms with Crippen molar-refractivity contribution in [2.24, 2.45) is 0 Å². The molecule has 1 aromatic heterocycles. The predicted molar refractivity (Wildman–Crippen MR) is 62.2 cm³/mol. The lowest BCUT2D eigenvalue weighted by Crippen LogP contribution is -2.52. The zero-order valence-electron chi connectivity index (χ0n) is 9.85. The third-order valence-electron chi connectivity index (χ3n) is 3.01. The molecule has 1 unspecified atom stereocenters. The second-order valence-electron chi connectivity index (χ2n) is 4.51. The molecule has 0 spiro atoms. The summed E-state index contributed by atoms with van der Waals surface area (Å²) in [6.07, 6.45) is 2.84. The standard InChI is InChI=1S/C12H18N2O3/c1-8(14-9-5-10(15)6-9)12(16)13-7-11-3-2-4-17-11/h2-4,8-10,14-15H,5-7H2,1H3,(H,13,16). The van der Waals surface area contributed by atoms with E-state index in [0.29, 0.717) is 6.54 Å². The summed E-state index contributed by atoms with van der Waals surface area (Å²) in [6, 6.07) is 3.62. The summed E-state index contributed by atoms with van der Waals surface area (Å²) in [6.45, 7) is 2.23. The fraction of sp³-hybridized carbons (Fsp3) is 0.583. The van der Waals surface area contributed by atoms with Crippen molar-refractivity contribution in [3.8, 4) is 0 Å². The SMILES string of the molecule is CC(NC1CC(O)C1)C(=O)NCc1ccco1. The van der Waals surface area contributed by atoms with Crippen LogP contribution in [0.3, 0.4) is 0 Å². The van der Waals surface area contributed by atoms with E-state index in [2.05, 4.69) is 10.6 Å². The summed E-state index contributed by atoms with van der Waals surface area (Å²) in [7, 11) is 0. The van der Waals surface area contributed by atoms with Gasteiger partial charge in [-0.3, -0.25) is 4.79 Å². The molecule has 2 rings (SSSR count). The van der Waals surface area contributed by atoms with Crippen LogP contribution in [-0.4, -0.2) is 29.2 Å². The number of carbonyl (C=O) groups excluding carboxylic acids is 1. The Balaban J connectivity index is 1.68. The molecule has 0 radical (unpaired) electrons. The van der Waals surface area contributed by atoms with Crippen molar-refractivity contribution in [1.29, 1.82) is 0 Å². The molecule has 1 fully saturated rings. The van der Waals surface area contributed by atoms with Gasteiger partial charge in [0, 0.05) is 6.04 Å². The first-order chi connectivity index (χ1) is 8.15. The molecule has 1 aromatic rings. The zero-order chi connectivity index (χ0) is 12.3. The molecule has 1 atom stereocenters. The van der Waals surface area contributed by atoms with Gasteiger partial charge in [-0.15, -0.1) is 0 Å². The van der Waals surface area contributed by atoms with Gasteiger partial charge in [0.1, 0.15) is 5.76 Å². The number of rotatable bonds is 5. The molecular formula is C12H18N2O3. The zero-order valence-corrected chi connectivity index (χ0v) is 9.85. The Hall–Kier alpha value is -1.33. The normalized spacial score (nSPS) is 25.1. The molecule has 0 bridgehead atoms. The van der Waals surface area contributed by atoms with Gasteiger partial charge in [-0.2, -0.15) is 0 Å². The van der Waals surface area contributed by atoms with Crippen molar-refractivity contribution in [2.75, 3.05) is 0 Å². The molecule has 1 heterocycles. The molecule has 0 aliphatic heterocycles. The first-order valence-corrected chi connectivity index (χ1v) is 5.89. The number of amides is 1. The summed E-state index contributed by atoms with van der Waals surface area (Å²) < 4.78 is 5.12. The van der Waals surface area contributed by atoms with Crippen molar-refractivity contribution < 1.29 is 14.3 Å². The highest BCUT2D eigenvalue weighted by atomic mass is 16.3. The van der Waals surface area contributed by atoms with Gasteiger partial charge in [0.05, 0.1) is 25.0 Å². The predicted octanol–water partition coefficient (Wildman–Crippen LogP) is 0.397. The second-order valence-corrected chi connectivity index (χ2v) is 4.51. The summed E-state index contributed by atoms with van der Waals surface area (Å²) in [5.74, 6) is 0.687. The third kappa shape index (κ3) is 3.31. The Morgan fingerprint density at radius 3 is 3.00 bits per heavy atom. The first-order valence-electron chi connectivity index (χ1n) is 5.89. The highest BCUT2D eigenvalue weighted by Crippen LogP contribution is 2.19. The third-order valence-corrected chi connectivity index (χ3v) is 3.01. The number of hydrogen-bond donors (Lipinski definition) is 3. The van der Waals surface area contributed by atoms with Gasteiger partial charge in [-0.25, -0.2) is 0 Å². The quantitative estimate of drug-likeness (QED) is 0.694. The Labute approximate surface area is 100 Å². The van der Waals surface area contributed by atoms with Crippen LogP contribution in [-0.2, 0) is 11.3 Å². The van der Waals surface area contributed by atoms with Crippen molar-refractivity contribution >= 4 is 5.91 Å². The number of aliphatic hydroxyl groups is 1.